The number of H-pyrrole nitrogens is 1. The number of amides is 2. The van der Waals surface area contributed by atoms with E-state index in [1.807, 2.05) is 42.5 Å². The molecule has 4 N–H and O–H groups in total. The molecule has 0 radical (unpaired) electrons. The Morgan fingerprint density at radius 3 is 2.70 bits per heavy atom. The SMILES string of the molecule is C/C(=N/NC(N)=O)c1ccc2nc(-c3ccc(Cl)cc3)[nH]c2c1. The number of imidazole rings is 1. The van der Waals surface area contributed by atoms with Crippen LogP contribution in [0.3, 0.4) is 0 Å². The molecule has 0 aliphatic rings. The minimum Gasteiger partial charge on any atom is -0.350 e. The molecular formula is C16H14ClN5O. The molecule has 0 aliphatic carbocycles. The van der Waals surface area contributed by atoms with Crippen molar-refractivity contribution in [2.75, 3.05) is 0 Å². The van der Waals surface area contributed by atoms with Gasteiger partial charge in [-0.25, -0.2) is 15.2 Å². The first-order valence-corrected chi connectivity index (χ1v) is 7.26. The van der Waals surface area contributed by atoms with Crippen LogP contribution in [0.4, 0.5) is 4.79 Å². The van der Waals surface area contributed by atoms with Crippen LogP contribution in [0, 0.1) is 0 Å². The van der Waals surface area contributed by atoms with E-state index in [1.165, 1.54) is 0 Å². The van der Waals surface area contributed by atoms with E-state index < -0.39 is 6.03 Å². The van der Waals surface area contributed by atoms with Crippen molar-refractivity contribution in [2.24, 2.45) is 10.8 Å². The van der Waals surface area contributed by atoms with Crippen molar-refractivity contribution in [3.8, 4) is 11.4 Å². The second-order valence-corrected chi connectivity index (χ2v) is 5.43. The van der Waals surface area contributed by atoms with E-state index in [9.17, 15) is 4.79 Å². The molecule has 0 saturated carbocycles. The fraction of sp³-hybridized carbons (Fsp3) is 0.0625. The van der Waals surface area contributed by atoms with Crippen LogP contribution in [0.5, 0.6) is 0 Å². The first-order valence-electron chi connectivity index (χ1n) is 6.89. The number of nitrogens with zero attached hydrogens (tertiary/aromatic N) is 2. The normalized spacial score (nSPS) is 11.7. The molecule has 0 spiro atoms. The van der Waals surface area contributed by atoms with Gasteiger partial charge in [0.2, 0.25) is 0 Å². The smallest absolute Gasteiger partial charge is 0.332 e. The predicted octanol–water partition coefficient (Wildman–Crippen LogP) is 3.28. The van der Waals surface area contributed by atoms with Gasteiger partial charge >= 0.3 is 6.03 Å². The molecule has 116 valence electrons. The number of nitrogens with one attached hydrogen (secondary N) is 2. The lowest BCUT2D eigenvalue weighted by atomic mass is 10.1. The van der Waals surface area contributed by atoms with E-state index in [2.05, 4.69) is 20.5 Å². The average molecular weight is 328 g/mol. The number of rotatable bonds is 3. The molecule has 6 nitrogen and oxygen atoms in total. The number of halogens is 1. The standard InChI is InChI=1S/C16H14ClN5O/c1-9(21-22-16(18)23)11-4-7-13-14(8-11)20-15(19-13)10-2-5-12(17)6-3-10/h2-8H,1H3,(H,19,20)(H3,18,22,23)/b21-9-. The summed E-state index contributed by atoms with van der Waals surface area (Å²) >= 11 is 5.90. The monoisotopic (exact) mass is 327 g/mol. The molecule has 0 bridgehead atoms. The maximum atomic E-state index is 10.7. The minimum atomic E-state index is -0.697. The maximum absolute atomic E-state index is 10.7. The quantitative estimate of drug-likeness (QED) is 0.508. The van der Waals surface area contributed by atoms with Crippen molar-refractivity contribution in [3.63, 3.8) is 0 Å². The van der Waals surface area contributed by atoms with E-state index in [1.54, 1.807) is 6.92 Å². The van der Waals surface area contributed by atoms with Crippen molar-refractivity contribution >= 4 is 34.4 Å². The van der Waals surface area contributed by atoms with Gasteiger partial charge in [0.05, 0.1) is 16.7 Å². The number of carbonyl (C=O) groups excluding carboxylic acids is 1. The molecule has 2 amide bonds. The summed E-state index contributed by atoms with van der Waals surface area (Å²) in [6.07, 6.45) is 0. The number of nitrogens with two attached hydrogens (primary N) is 1. The average Bonchev–Trinajstić information content (AvgIpc) is 2.96. The molecule has 3 aromatic rings. The van der Waals surface area contributed by atoms with Gasteiger partial charge in [0.15, 0.2) is 0 Å². The van der Waals surface area contributed by atoms with Crippen molar-refractivity contribution in [1.82, 2.24) is 15.4 Å². The molecular weight excluding hydrogens is 314 g/mol. The van der Waals surface area contributed by atoms with Crippen molar-refractivity contribution < 1.29 is 4.79 Å². The highest BCUT2D eigenvalue weighted by Gasteiger charge is 2.07. The third kappa shape index (κ3) is 3.32. The first-order chi connectivity index (χ1) is 11.0. The summed E-state index contributed by atoms with van der Waals surface area (Å²) in [7, 11) is 0. The summed E-state index contributed by atoms with van der Waals surface area (Å²) in [6, 6.07) is 12.5. The lowest BCUT2D eigenvalue weighted by Crippen LogP contribution is -2.25. The fourth-order valence-electron chi connectivity index (χ4n) is 2.18. The Morgan fingerprint density at radius 1 is 1.26 bits per heavy atom. The van der Waals surface area contributed by atoms with Gasteiger partial charge in [-0.3, -0.25) is 0 Å². The number of hydrazone groups is 1. The van der Waals surface area contributed by atoms with E-state index in [0.717, 1.165) is 28.0 Å². The van der Waals surface area contributed by atoms with E-state index in [-0.39, 0.29) is 0 Å². The third-order valence-electron chi connectivity index (χ3n) is 3.35. The van der Waals surface area contributed by atoms with E-state index in [0.29, 0.717) is 10.7 Å². The van der Waals surface area contributed by atoms with Gasteiger partial charge in [-0.05, 0) is 48.9 Å². The van der Waals surface area contributed by atoms with Crippen molar-refractivity contribution in [1.29, 1.82) is 0 Å². The molecule has 0 atom stereocenters. The topological polar surface area (TPSA) is 96.2 Å². The molecule has 2 aromatic carbocycles. The van der Waals surface area contributed by atoms with E-state index >= 15 is 0 Å². The number of carbonyl (C=O) groups is 1. The molecule has 0 fully saturated rings. The van der Waals surface area contributed by atoms with Gasteiger partial charge in [-0.2, -0.15) is 5.10 Å². The molecule has 1 aromatic heterocycles. The van der Waals surface area contributed by atoms with Crippen LogP contribution in [-0.4, -0.2) is 21.7 Å². The van der Waals surface area contributed by atoms with Crippen LogP contribution < -0.4 is 11.2 Å². The van der Waals surface area contributed by atoms with E-state index in [4.69, 9.17) is 17.3 Å². The second-order valence-electron chi connectivity index (χ2n) is 5.00. The molecule has 0 saturated heterocycles. The molecule has 7 heteroatoms. The fourth-order valence-corrected chi connectivity index (χ4v) is 2.31. The van der Waals surface area contributed by atoms with Gasteiger partial charge in [0.25, 0.3) is 0 Å². The highest BCUT2D eigenvalue weighted by Crippen LogP contribution is 2.23. The number of hydrogen-bond acceptors (Lipinski definition) is 3. The third-order valence-corrected chi connectivity index (χ3v) is 3.60. The number of urea groups is 1. The maximum Gasteiger partial charge on any atom is 0.332 e. The summed E-state index contributed by atoms with van der Waals surface area (Å²) in [6.45, 7) is 1.79. The highest BCUT2D eigenvalue weighted by molar-refractivity contribution is 6.30. The highest BCUT2D eigenvalue weighted by atomic mass is 35.5. The zero-order chi connectivity index (χ0) is 16.4. The molecule has 23 heavy (non-hydrogen) atoms. The Labute approximate surface area is 137 Å². The zero-order valence-electron chi connectivity index (χ0n) is 12.3. The summed E-state index contributed by atoms with van der Waals surface area (Å²) in [4.78, 5) is 18.5. The van der Waals surface area contributed by atoms with Crippen molar-refractivity contribution in [3.05, 3.63) is 53.1 Å². The molecule has 0 unspecified atom stereocenters. The summed E-state index contributed by atoms with van der Waals surface area (Å²) in [5.74, 6) is 0.763. The number of aromatic amines is 1. The Kier molecular flexibility index (Phi) is 3.99. The van der Waals surface area contributed by atoms with Gasteiger partial charge in [-0.15, -0.1) is 0 Å². The van der Waals surface area contributed by atoms with Crippen LogP contribution in [-0.2, 0) is 0 Å². The number of primary amides is 1. The molecule has 0 aliphatic heterocycles. The Balaban J connectivity index is 1.96. The molecule has 3 rings (SSSR count). The Bertz CT molecular complexity index is 898. The number of fused-ring (bicyclic) bond motifs is 1. The lowest BCUT2D eigenvalue weighted by Gasteiger charge is -2.00. The van der Waals surface area contributed by atoms with Crippen LogP contribution in [0.25, 0.3) is 22.4 Å². The van der Waals surface area contributed by atoms with Crippen LogP contribution >= 0.6 is 11.6 Å². The van der Waals surface area contributed by atoms with Gasteiger partial charge in [0, 0.05) is 10.6 Å². The van der Waals surface area contributed by atoms with Gasteiger partial charge in [-0.1, -0.05) is 17.7 Å². The summed E-state index contributed by atoms with van der Waals surface area (Å²) < 4.78 is 0. The Hall–Kier alpha value is -2.86. The number of aromatic nitrogens is 2. The minimum absolute atomic E-state index is 0.647. The van der Waals surface area contributed by atoms with Crippen LogP contribution in [0.15, 0.2) is 47.6 Å². The molecule has 1 heterocycles. The van der Waals surface area contributed by atoms with Crippen molar-refractivity contribution in [2.45, 2.75) is 6.92 Å². The first kappa shape index (κ1) is 15.1. The van der Waals surface area contributed by atoms with Gasteiger partial charge < -0.3 is 10.7 Å². The summed E-state index contributed by atoms with van der Waals surface area (Å²) in [5, 5.41) is 4.60. The second kappa shape index (κ2) is 6.10. The van der Waals surface area contributed by atoms with Gasteiger partial charge in [0.1, 0.15) is 5.82 Å². The largest absolute Gasteiger partial charge is 0.350 e. The number of benzene rings is 2. The Morgan fingerprint density at radius 2 is 2.00 bits per heavy atom. The van der Waals surface area contributed by atoms with Crippen LogP contribution in [0.1, 0.15) is 12.5 Å². The number of hydrogen-bond donors (Lipinski definition) is 3. The summed E-state index contributed by atoms with van der Waals surface area (Å²) in [5.41, 5.74) is 11.4. The lowest BCUT2D eigenvalue weighted by molar-refractivity contribution is 0.249. The zero-order valence-corrected chi connectivity index (χ0v) is 13.1. The van der Waals surface area contributed by atoms with Crippen LogP contribution in [0.2, 0.25) is 5.02 Å². The predicted molar refractivity (Wildman–Crippen MR) is 91.5 cm³/mol.